The lowest BCUT2D eigenvalue weighted by atomic mass is 10.1. The molecule has 0 unspecified atom stereocenters. The maximum absolute atomic E-state index is 12.9. The van der Waals surface area contributed by atoms with E-state index < -0.39 is 47.2 Å². The minimum absolute atomic E-state index is 0.633. The molecule has 84 valence electrons. The average molecular weight is 226 g/mol. The smallest absolute Gasteiger partial charge is 0.200 e. The minimum atomic E-state index is -2.20. The van der Waals surface area contributed by atoms with Crippen LogP contribution < -0.4 is 0 Å². The fourth-order valence-electron chi connectivity index (χ4n) is 1.12. The average Bonchev–Trinajstić information content (AvgIpc) is 2.18. The molecule has 1 rings (SSSR count). The Hall–Kier alpha value is -1.17. The van der Waals surface area contributed by atoms with Crippen molar-refractivity contribution in [3.8, 4) is 0 Å². The van der Waals surface area contributed by atoms with Crippen LogP contribution in [0.2, 0.25) is 0 Å². The summed E-state index contributed by atoms with van der Waals surface area (Å²) in [5, 5.41) is 8.83. The van der Waals surface area contributed by atoms with Crippen LogP contribution >= 0.6 is 0 Å². The van der Waals surface area contributed by atoms with E-state index in [-0.39, 0.29) is 0 Å². The van der Waals surface area contributed by atoms with Gasteiger partial charge in [0.05, 0.1) is 6.10 Å². The summed E-state index contributed by atoms with van der Waals surface area (Å²) < 4.78 is 63.6. The Balaban J connectivity index is 3.39. The molecule has 1 aromatic carbocycles. The Morgan fingerprint density at radius 1 is 0.867 bits per heavy atom. The van der Waals surface area contributed by atoms with E-state index in [2.05, 4.69) is 0 Å². The third-order valence-electron chi connectivity index (χ3n) is 1.80. The molecule has 0 saturated heterocycles. The standard InChI is InChI=1S/C9H7F5O/c1-3(15)2-4-5(10)7(12)9(14)8(13)6(4)11/h3,15H,2H2,1H3/t3-/m0/s1. The van der Waals surface area contributed by atoms with Crippen LogP contribution in [0.1, 0.15) is 12.5 Å². The Morgan fingerprint density at radius 2 is 1.20 bits per heavy atom. The van der Waals surface area contributed by atoms with Crippen molar-refractivity contribution in [1.29, 1.82) is 0 Å². The molecule has 1 N–H and O–H groups in total. The van der Waals surface area contributed by atoms with Gasteiger partial charge in [0.1, 0.15) is 0 Å². The molecular formula is C9H7F5O. The first-order chi connectivity index (χ1) is 6.86. The zero-order valence-corrected chi connectivity index (χ0v) is 7.62. The summed E-state index contributed by atoms with van der Waals surface area (Å²) in [6.07, 6.45) is -1.83. The van der Waals surface area contributed by atoms with Gasteiger partial charge in [0.15, 0.2) is 23.3 Å². The maximum Gasteiger partial charge on any atom is 0.200 e. The summed E-state index contributed by atoms with van der Waals surface area (Å²) in [6.45, 7) is 1.18. The molecule has 0 amide bonds. The molecule has 0 aliphatic heterocycles. The molecule has 0 bridgehead atoms. The van der Waals surface area contributed by atoms with Crippen molar-refractivity contribution in [2.45, 2.75) is 19.4 Å². The van der Waals surface area contributed by atoms with E-state index in [0.717, 1.165) is 0 Å². The molecule has 0 aromatic heterocycles. The van der Waals surface area contributed by atoms with Gasteiger partial charge in [-0.15, -0.1) is 0 Å². The first-order valence-corrected chi connectivity index (χ1v) is 4.04. The molecule has 1 aromatic rings. The molecule has 0 heterocycles. The van der Waals surface area contributed by atoms with Crippen molar-refractivity contribution in [1.82, 2.24) is 0 Å². The molecule has 1 atom stereocenters. The van der Waals surface area contributed by atoms with Crippen LogP contribution in [-0.4, -0.2) is 11.2 Å². The van der Waals surface area contributed by atoms with Crippen molar-refractivity contribution < 1.29 is 27.1 Å². The fourth-order valence-corrected chi connectivity index (χ4v) is 1.12. The quantitative estimate of drug-likeness (QED) is 0.466. The zero-order chi connectivity index (χ0) is 11.7. The maximum atomic E-state index is 12.9. The van der Waals surface area contributed by atoms with Gasteiger partial charge in [-0.05, 0) is 6.92 Å². The molecule has 6 heteroatoms. The molecule has 1 nitrogen and oxygen atoms in total. The second-order valence-corrected chi connectivity index (χ2v) is 3.10. The Kier molecular flexibility index (Phi) is 3.28. The SMILES string of the molecule is C[C@H](O)Cc1c(F)c(F)c(F)c(F)c1F. The largest absolute Gasteiger partial charge is 0.393 e. The molecule has 0 aliphatic carbocycles. The van der Waals surface area contributed by atoms with Gasteiger partial charge < -0.3 is 5.11 Å². The molecule has 0 aliphatic rings. The molecule has 15 heavy (non-hydrogen) atoms. The zero-order valence-electron chi connectivity index (χ0n) is 7.62. The highest BCUT2D eigenvalue weighted by Crippen LogP contribution is 2.23. The van der Waals surface area contributed by atoms with E-state index in [9.17, 15) is 22.0 Å². The van der Waals surface area contributed by atoms with E-state index in [0.29, 0.717) is 0 Å². The highest BCUT2D eigenvalue weighted by atomic mass is 19.2. The predicted octanol–water partition coefficient (Wildman–Crippen LogP) is 2.31. The van der Waals surface area contributed by atoms with Crippen molar-refractivity contribution in [3.63, 3.8) is 0 Å². The van der Waals surface area contributed by atoms with E-state index in [4.69, 9.17) is 5.11 Å². The third-order valence-corrected chi connectivity index (χ3v) is 1.80. The van der Waals surface area contributed by atoms with E-state index in [1.165, 1.54) is 6.92 Å². The number of hydrogen-bond donors (Lipinski definition) is 1. The lowest BCUT2D eigenvalue weighted by molar-refractivity contribution is 0.191. The van der Waals surface area contributed by atoms with Crippen LogP contribution in [0, 0.1) is 29.1 Å². The summed E-state index contributed by atoms with van der Waals surface area (Å²) in [5.41, 5.74) is -0.999. The van der Waals surface area contributed by atoms with E-state index in [1.54, 1.807) is 0 Å². The summed E-state index contributed by atoms with van der Waals surface area (Å²) >= 11 is 0. The number of aliphatic hydroxyl groups is 1. The van der Waals surface area contributed by atoms with Gasteiger partial charge in [0, 0.05) is 12.0 Å². The second kappa shape index (κ2) is 4.14. The van der Waals surface area contributed by atoms with Crippen LogP contribution in [0.3, 0.4) is 0 Å². The Labute approximate surface area is 82.1 Å². The van der Waals surface area contributed by atoms with Crippen molar-refractivity contribution in [2.24, 2.45) is 0 Å². The van der Waals surface area contributed by atoms with Gasteiger partial charge in [-0.25, -0.2) is 22.0 Å². The fraction of sp³-hybridized carbons (Fsp3) is 0.333. The third kappa shape index (κ3) is 2.09. The van der Waals surface area contributed by atoms with Crippen LogP contribution in [-0.2, 0) is 6.42 Å². The summed E-state index contributed by atoms with van der Waals surface area (Å²) in [7, 11) is 0. The first kappa shape index (κ1) is 11.9. The molecule has 0 fully saturated rings. The number of benzene rings is 1. The number of aliphatic hydroxyl groups excluding tert-OH is 1. The highest BCUT2D eigenvalue weighted by Gasteiger charge is 2.25. The molecule has 0 saturated carbocycles. The second-order valence-electron chi connectivity index (χ2n) is 3.10. The topological polar surface area (TPSA) is 20.2 Å². The first-order valence-electron chi connectivity index (χ1n) is 4.04. The van der Waals surface area contributed by atoms with Gasteiger partial charge in [-0.2, -0.15) is 0 Å². The number of hydrogen-bond acceptors (Lipinski definition) is 1. The Bertz CT molecular complexity index is 360. The summed E-state index contributed by atoms with van der Waals surface area (Å²) in [5.74, 6) is -9.98. The molecular weight excluding hydrogens is 219 g/mol. The Morgan fingerprint density at radius 3 is 1.53 bits per heavy atom. The molecule has 0 radical (unpaired) electrons. The predicted molar refractivity (Wildman–Crippen MR) is 41.6 cm³/mol. The van der Waals surface area contributed by atoms with Gasteiger partial charge in [-0.1, -0.05) is 0 Å². The summed E-state index contributed by atoms with van der Waals surface area (Å²) in [4.78, 5) is 0. The van der Waals surface area contributed by atoms with Crippen molar-refractivity contribution >= 4 is 0 Å². The number of halogens is 5. The van der Waals surface area contributed by atoms with Gasteiger partial charge in [0.2, 0.25) is 5.82 Å². The van der Waals surface area contributed by atoms with Crippen LogP contribution in [0.5, 0.6) is 0 Å². The number of rotatable bonds is 2. The van der Waals surface area contributed by atoms with Gasteiger partial charge in [-0.3, -0.25) is 0 Å². The van der Waals surface area contributed by atoms with Crippen LogP contribution in [0.4, 0.5) is 22.0 Å². The van der Waals surface area contributed by atoms with Crippen LogP contribution in [0.15, 0.2) is 0 Å². The van der Waals surface area contributed by atoms with Gasteiger partial charge >= 0.3 is 0 Å². The van der Waals surface area contributed by atoms with E-state index >= 15 is 0 Å². The van der Waals surface area contributed by atoms with Crippen LogP contribution in [0.25, 0.3) is 0 Å². The lowest BCUT2D eigenvalue weighted by Crippen LogP contribution is -2.13. The normalized spacial score (nSPS) is 13.0. The molecule has 0 spiro atoms. The van der Waals surface area contributed by atoms with Gasteiger partial charge in [0.25, 0.3) is 0 Å². The van der Waals surface area contributed by atoms with Crippen molar-refractivity contribution in [2.75, 3.05) is 0 Å². The van der Waals surface area contributed by atoms with Crippen molar-refractivity contribution in [3.05, 3.63) is 34.6 Å². The minimum Gasteiger partial charge on any atom is -0.393 e. The van der Waals surface area contributed by atoms with E-state index in [1.807, 2.05) is 0 Å². The summed E-state index contributed by atoms with van der Waals surface area (Å²) in [6, 6.07) is 0. The lowest BCUT2D eigenvalue weighted by Gasteiger charge is -2.09. The monoisotopic (exact) mass is 226 g/mol. The highest BCUT2D eigenvalue weighted by molar-refractivity contribution is 5.24.